The third-order valence-electron chi connectivity index (χ3n) is 3.94. The molecule has 0 N–H and O–H groups in total. The zero-order valence-corrected chi connectivity index (χ0v) is 16.4. The van der Waals surface area contributed by atoms with Crippen LogP contribution in [0.25, 0.3) is 0 Å². The highest BCUT2D eigenvalue weighted by molar-refractivity contribution is 8.28. The molecule has 1 saturated heterocycles. The molecule has 1 aromatic rings. The van der Waals surface area contributed by atoms with Gasteiger partial charge in [0.25, 0.3) is 0 Å². The largest absolute Gasteiger partial charge is 0.299 e. The van der Waals surface area contributed by atoms with Crippen molar-refractivity contribution in [1.82, 2.24) is 4.90 Å². The molecule has 1 heterocycles. The second kappa shape index (κ2) is 6.47. The Hall–Kier alpha value is -0.253. The number of nitrogens with zero attached hydrogens (tertiary/aromatic N) is 1. The number of rotatable bonds is 4. The highest BCUT2D eigenvalue weighted by Crippen LogP contribution is 2.36. The van der Waals surface area contributed by atoms with E-state index in [4.69, 9.17) is 0 Å². The highest BCUT2D eigenvalue weighted by Gasteiger charge is 2.22. The van der Waals surface area contributed by atoms with Gasteiger partial charge in [0.1, 0.15) is 7.22 Å². The Morgan fingerprint density at radius 2 is 1.71 bits per heavy atom. The lowest BCUT2D eigenvalue weighted by Gasteiger charge is -2.25. The van der Waals surface area contributed by atoms with Crippen LogP contribution >= 0.6 is 11.2 Å². The molecule has 0 saturated carbocycles. The van der Waals surface area contributed by atoms with Crippen LogP contribution in [0.4, 0.5) is 0 Å². The van der Waals surface area contributed by atoms with Crippen molar-refractivity contribution in [1.29, 1.82) is 0 Å². The number of hydrogen-bond acceptors (Lipinski definition) is 2. The third kappa shape index (κ3) is 5.15. The molecular weight excluding hydrogens is 290 g/mol. The predicted octanol–water partition coefficient (Wildman–Crippen LogP) is 5.51. The molecule has 1 fully saturated rings. The topological polar surface area (TPSA) is 3.24 Å². The molecule has 2 rings (SSSR count). The van der Waals surface area contributed by atoms with Crippen LogP contribution in [0, 0.1) is 0 Å². The first-order chi connectivity index (χ1) is 9.65. The monoisotopic (exact) mass is 321 g/mol. The Kier molecular flexibility index (Phi) is 5.27. The first-order valence-electron chi connectivity index (χ1n) is 8.20. The molecular formula is C18H31NSSi. The van der Waals surface area contributed by atoms with E-state index in [1.807, 2.05) is 0 Å². The molecule has 0 aliphatic carbocycles. The van der Waals surface area contributed by atoms with E-state index in [2.05, 4.69) is 74.7 Å². The highest BCUT2D eigenvalue weighted by atomic mass is 32.4. The molecule has 0 amide bonds. The molecule has 1 aliphatic rings. The van der Waals surface area contributed by atoms with Crippen molar-refractivity contribution >= 4 is 18.4 Å². The van der Waals surface area contributed by atoms with Crippen molar-refractivity contribution in [3.8, 4) is 0 Å². The van der Waals surface area contributed by atoms with Crippen LogP contribution in [0.2, 0.25) is 19.6 Å². The van der Waals surface area contributed by atoms with Crippen molar-refractivity contribution in [2.24, 2.45) is 0 Å². The molecule has 1 aromatic carbocycles. The lowest BCUT2D eigenvalue weighted by atomic mass is 9.86. The van der Waals surface area contributed by atoms with Crippen LogP contribution in [-0.4, -0.2) is 25.2 Å². The Labute approximate surface area is 136 Å². The van der Waals surface area contributed by atoms with Gasteiger partial charge >= 0.3 is 0 Å². The Balaban J connectivity index is 2.29. The maximum atomic E-state index is 2.61. The van der Waals surface area contributed by atoms with E-state index in [1.165, 1.54) is 42.0 Å². The van der Waals surface area contributed by atoms with Gasteiger partial charge in [-0.25, -0.2) is 0 Å². The smallest absolute Gasteiger partial charge is 0.114 e. The van der Waals surface area contributed by atoms with Gasteiger partial charge in [0, 0.05) is 11.4 Å². The summed E-state index contributed by atoms with van der Waals surface area (Å²) in [5.74, 6) is 0. The van der Waals surface area contributed by atoms with E-state index in [-0.39, 0.29) is 5.41 Å². The van der Waals surface area contributed by atoms with E-state index >= 15 is 0 Å². The summed E-state index contributed by atoms with van der Waals surface area (Å²) in [6.45, 7) is 18.0. The summed E-state index contributed by atoms with van der Waals surface area (Å²) < 4.78 is 0. The molecule has 0 radical (unpaired) electrons. The van der Waals surface area contributed by atoms with E-state index < -0.39 is 7.22 Å². The second-order valence-electron chi connectivity index (χ2n) is 8.27. The van der Waals surface area contributed by atoms with Crippen LogP contribution in [-0.2, 0) is 12.0 Å². The lowest BCUT2D eigenvalue weighted by molar-refractivity contribution is 0.329. The van der Waals surface area contributed by atoms with Crippen molar-refractivity contribution in [2.45, 2.75) is 70.1 Å². The average molecular weight is 322 g/mol. The second-order valence-corrected chi connectivity index (χ2v) is 17.4. The first-order valence-corrected chi connectivity index (χ1v) is 13.2. The van der Waals surface area contributed by atoms with Gasteiger partial charge in [0.2, 0.25) is 0 Å². The van der Waals surface area contributed by atoms with Crippen molar-refractivity contribution in [2.75, 3.05) is 13.1 Å². The number of likely N-dealkylation sites (tertiary alicyclic amines) is 1. The Morgan fingerprint density at radius 1 is 1.10 bits per heavy atom. The first kappa shape index (κ1) is 17.1. The molecule has 118 valence electrons. The zero-order valence-electron chi connectivity index (χ0n) is 14.6. The maximum Gasteiger partial charge on any atom is 0.114 e. The van der Waals surface area contributed by atoms with Gasteiger partial charge < -0.3 is 0 Å². The predicted molar refractivity (Wildman–Crippen MR) is 98.9 cm³/mol. The summed E-state index contributed by atoms with van der Waals surface area (Å²) >= 11 is 2.15. The number of hydrogen-bond donors (Lipinski definition) is 0. The molecule has 0 bridgehead atoms. The summed E-state index contributed by atoms with van der Waals surface area (Å²) in [6, 6.07) is 7.20. The SMILES string of the molecule is CC(C)(C)c1ccc(CN2CCCC2)c(S[Si](C)(C)C)c1. The van der Waals surface area contributed by atoms with Gasteiger partial charge in [-0.1, -0.05) is 52.5 Å². The van der Waals surface area contributed by atoms with Gasteiger partial charge in [-0.2, -0.15) is 11.2 Å². The van der Waals surface area contributed by atoms with Gasteiger partial charge in [-0.15, -0.1) is 0 Å². The van der Waals surface area contributed by atoms with E-state index in [1.54, 1.807) is 0 Å². The fraction of sp³-hybridized carbons (Fsp3) is 0.667. The molecule has 21 heavy (non-hydrogen) atoms. The summed E-state index contributed by atoms with van der Waals surface area (Å²) in [5, 5.41) is 0. The standard InChI is InChI=1S/C18H31NSSi/c1-18(2,3)16-10-9-15(14-19-11-7-8-12-19)17(13-16)20-21(4,5)6/h9-10,13H,7-8,11-12,14H2,1-6H3. The summed E-state index contributed by atoms with van der Waals surface area (Å²) in [7, 11) is -1.17. The summed E-state index contributed by atoms with van der Waals surface area (Å²) in [4.78, 5) is 4.15. The van der Waals surface area contributed by atoms with Gasteiger partial charge in [0.15, 0.2) is 0 Å². The molecule has 3 heteroatoms. The summed E-state index contributed by atoms with van der Waals surface area (Å²) in [5.41, 5.74) is 3.24. The molecule has 0 aromatic heterocycles. The molecule has 0 spiro atoms. The average Bonchev–Trinajstić information content (AvgIpc) is 2.81. The van der Waals surface area contributed by atoms with E-state index in [0.29, 0.717) is 0 Å². The van der Waals surface area contributed by atoms with Crippen LogP contribution in [0.1, 0.15) is 44.7 Å². The molecule has 1 aliphatic heterocycles. The zero-order chi connectivity index (χ0) is 15.7. The van der Waals surface area contributed by atoms with Crippen LogP contribution < -0.4 is 0 Å². The van der Waals surface area contributed by atoms with Gasteiger partial charge in [-0.3, -0.25) is 4.90 Å². The number of benzene rings is 1. The quantitative estimate of drug-likeness (QED) is 0.673. The van der Waals surface area contributed by atoms with Crippen molar-refractivity contribution in [3.05, 3.63) is 29.3 Å². The van der Waals surface area contributed by atoms with Crippen molar-refractivity contribution < 1.29 is 0 Å². The molecule has 0 atom stereocenters. The fourth-order valence-corrected chi connectivity index (χ4v) is 6.42. The summed E-state index contributed by atoms with van der Waals surface area (Å²) in [6.07, 6.45) is 2.74. The van der Waals surface area contributed by atoms with E-state index in [9.17, 15) is 0 Å². The lowest BCUT2D eigenvalue weighted by Crippen LogP contribution is -2.21. The van der Waals surface area contributed by atoms with E-state index in [0.717, 1.165) is 6.54 Å². The normalized spacial score (nSPS) is 17.4. The van der Waals surface area contributed by atoms with Crippen LogP contribution in [0.5, 0.6) is 0 Å². The minimum absolute atomic E-state index is 0.237. The Bertz CT molecular complexity index is 479. The Morgan fingerprint density at radius 3 is 2.24 bits per heavy atom. The minimum atomic E-state index is -1.17. The van der Waals surface area contributed by atoms with Gasteiger partial charge in [-0.05, 0) is 48.5 Å². The molecule has 0 unspecified atom stereocenters. The van der Waals surface area contributed by atoms with Crippen molar-refractivity contribution in [3.63, 3.8) is 0 Å². The molecule has 1 nitrogen and oxygen atoms in total. The van der Waals surface area contributed by atoms with Crippen LogP contribution in [0.15, 0.2) is 23.1 Å². The fourth-order valence-electron chi connectivity index (χ4n) is 2.76. The van der Waals surface area contributed by atoms with Gasteiger partial charge in [0.05, 0.1) is 0 Å². The maximum absolute atomic E-state index is 2.61. The van der Waals surface area contributed by atoms with Crippen LogP contribution in [0.3, 0.4) is 0 Å². The third-order valence-corrected chi connectivity index (χ3v) is 7.65. The minimum Gasteiger partial charge on any atom is -0.299 e.